The number of nitrogens with zero attached hydrogens (tertiary/aromatic N) is 2. The summed E-state index contributed by atoms with van der Waals surface area (Å²) in [5, 5.41) is 6.39. The molecule has 33 heavy (non-hydrogen) atoms. The van der Waals surface area contributed by atoms with Gasteiger partial charge in [0.15, 0.2) is 0 Å². The van der Waals surface area contributed by atoms with Gasteiger partial charge in [0, 0.05) is 25.3 Å². The van der Waals surface area contributed by atoms with Gasteiger partial charge in [-0.1, -0.05) is 50.8 Å². The summed E-state index contributed by atoms with van der Waals surface area (Å²) in [6.07, 6.45) is 5.59. The van der Waals surface area contributed by atoms with E-state index in [1.807, 2.05) is 20.9 Å². The highest BCUT2D eigenvalue weighted by Crippen LogP contribution is 2.52. The number of benzene rings is 1. The standard InChI is InChI=1S/C28H46N4O/c1-8-24(30-25(33)26(3,4)29-7)22(2)32-20-17-27(5)16-12-18-31(21-28(27,32)6)19-15-23-13-10-9-11-14-23/h9-11,13-14,24,29H,2,8,12,15-21H2,1,3-7H3,(H,30,33)/t24-,27+,28+/m0/s1. The second-order valence-electron chi connectivity index (χ2n) is 11.2. The Hall–Kier alpha value is -1.85. The maximum absolute atomic E-state index is 12.9. The normalized spacial score (nSPS) is 27.0. The van der Waals surface area contributed by atoms with E-state index in [0.717, 1.165) is 44.7 Å². The van der Waals surface area contributed by atoms with Crippen molar-refractivity contribution in [2.75, 3.05) is 33.2 Å². The van der Waals surface area contributed by atoms with Crippen LogP contribution in [0.4, 0.5) is 0 Å². The molecule has 2 saturated heterocycles. The second kappa shape index (κ2) is 10.2. The second-order valence-corrected chi connectivity index (χ2v) is 11.2. The number of carbonyl (C=O) groups is 1. The molecule has 0 bridgehead atoms. The van der Waals surface area contributed by atoms with Crippen molar-refractivity contribution in [1.29, 1.82) is 0 Å². The number of hydrogen-bond donors (Lipinski definition) is 2. The van der Waals surface area contributed by atoms with Crippen LogP contribution in [0.25, 0.3) is 0 Å². The van der Waals surface area contributed by atoms with E-state index < -0.39 is 5.54 Å². The molecule has 0 aromatic heterocycles. The molecule has 2 heterocycles. The Bertz CT molecular complexity index is 822. The van der Waals surface area contributed by atoms with E-state index in [1.54, 1.807) is 0 Å². The van der Waals surface area contributed by atoms with Gasteiger partial charge in [-0.2, -0.15) is 0 Å². The molecule has 0 unspecified atom stereocenters. The van der Waals surface area contributed by atoms with Gasteiger partial charge in [0.1, 0.15) is 0 Å². The van der Waals surface area contributed by atoms with Gasteiger partial charge in [0.2, 0.25) is 5.91 Å². The first-order valence-electron chi connectivity index (χ1n) is 12.8. The fraction of sp³-hybridized carbons (Fsp3) is 0.679. The van der Waals surface area contributed by atoms with Crippen LogP contribution < -0.4 is 10.6 Å². The molecule has 2 N–H and O–H groups in total. The average Bonchev–Trinajstić information content (AvgIpc) is 2.97. The number of likely N-dealkylation sites (N-methyl/N-ethyl adjacent to an activating group) is 1. The van der Waals surface area contributed by atoms with Crippen LogP contribution in [0.3, 0.4) is 0 Å². The largest absolute Gasteiger partial charge is 0.366 e. The highest BCUT2D eigenvalue weighted by molar-refractivity contribution is 5.85. The summed E-state index contributed by atoms with van der Waals surface area (Å²) in [6.45, 7) is 19.7. The zero-order chi connectivity index (χ0) is 24.3. The first-order chi connectivity index (χ1) is 15.6. The summed E-state index contributed by atoms with van der Waals surface area (Å²) in [7, 11) is 1.83. The van der Waals surface area contributed by atoms with Crippen LogP contribution in [-0.4, -0.2) is 66.1 Å². The Morgan fingerprint density at radius 2 is 1.88 bits per heavy atom. The average molecular weight is 455 g/mol. The smallest absolute Gasteiger partial charge is 0.240 e. The fourth-order valence-corrected chi connectivity index (χ4v) is 5.72. The molecule has 2 aliphatic heterocycles. The molecule has 0 spiro atoms. The monoisotopic (exact) mass is 454 g/mol. The van der Waals surface area contributed by atoms with Gasteiger partial charge in [0.05, 0.1) is 17.1 Å². The number of rotatable bonds is 9. The lowest BCUT2D eigenvalue weighted by molar-refractivity contribution is -0.127. The summed E-state index contributed by atoms with van der Waals surface area (Å²) in [5.74, 6) is 0.0236. The molecular weight excluding hydrogens is 408 g/mol. The number of likely N-dealkylation sites (tertiary alicyclic amines) is 2. The van der Waals surface area contributed by atoms with Crippen LogP contribution in [-0.2, 0) is 11.2 Å². The minimum absolute atomic E-state index is 0.00788. The third-order valence-electron chi connectivity index (χ3n) is 8.73. The third kappa shape index (κ3) is 5.30. The molecule has 3 rings (SSSR count). The van der Waals surface area contributed by atoms with Gasteiger partial charge in [-0.25, -0.2) is 0 Å². The Morgan fingerprint density at radius 1 is 1.18 bits per heavy atom. The minimum Gasteiger partial charge on any atom is -0.366 e. The number of carbonyl (C=O) groups excluding carboxylic acids is 1. The summed E-state index contributed by atoms with van der Waals surface area (Å²) in [6, 6.07) is 10.8. The van der Waals surface area contributed by atoms with Crippen molar-refractivity contribution in [3.63, 3.8) is 0 Å². The van der Waals surface area contributed by atoms with Crippen molar-refractivity contribution in [2.45, 2.75) is 83.8 Å². The maximum Gasteiger partial charge on any atom is 0.240 e. The Labute approximate surface area is 202 Å². The van der Waals surface area contributed by atoms with Crippen molar-refractivity contribution in [3.8, 4) is 0 Å². The van der Waals surface area contributed by atoms with Gasteiger partial charge < -0.3 is 20.4 Å². The number of nitrogens with one attached hydrogen (secondary N) is 2. The Kier molecular flexibility index (Phi) is 7.95. The number of hydrogen-bond acceptors (Lipinski definition) is 4. The SMILES string of the molecule is C=C([C@H](CC)NC(=O)C(C)(C)NC)N1CC[C@@]2(C)CCCN(CCc3ccccc3)C[C@@]12C. The molecule has 184 valence electrons. The third-order valence-corrected chi connectivity index (χ3v) is 8.73. The Balaban J connectivity index is 1.76. The fourth-order valence-electron chi connectivity index (χ4n) is 5.72. The molecule has 3 atom stereocenters. The lowest BCUT2D eigenvalue weighted by Crippen LogP contribution is -2.59. The van der Waals surface area contributed by atoms with E-state index in [-0.39, 0.29) is 22.9 Å². The molecule has 5 nitrogen and oxygen atoms in total. The van der Waals surface area contributed by atoms with Gasteiger partial charge in [-0.15, -0.1) is 0 Å². The van der Waals surface area contributed by atoms with Gasteiger partial charge in [0.25, 0.3) is 0 Å². The van der Waals surface area contributed by atoms with Crippen molar-refractivity contribution < 1.29 is 4.79 Å². The number of fused-ring (bicyclic) bond motifs is 1. The van der Waals surface area contributed by atoms with Crippen LogP contribution in [0, 0.1) is 5.41 Å². The summed E-state index contributed by atoms with van der Waals surface area (Å²) in [5.41, 5.74) is 2.13. The highest BCUT2D eigenvalue weighted by Gasteiger charge is 2.55. The van der Waals surface area contributed by atoms with Gasteiger partial charge in [-0.3, -0.25) is 4.79 Å². The number of amides is 1. The molecule has 0 radical (unpaired) electrons. The molecule has 0 saturated carbocycles. The Morgan fingerprint density at radius 3 is 2.52 bits per heavy atom. The van der Waals surface area contributed by atoms with E-state index in [1.165, 1.54) is 24.8 Å². The van der Waals surface area contributed by atoms with Crippen LogP contribution in [0.2, 0.25) is 0 Å². The first-order valence-corrected chi connectivity index (χ1v) is 12.8. The van der Waals surface area contributed by atoms with Crippen LogP contribution >= 0.6 is 0 Å². The summed E-state index contributed by atoms with van der Waals surface area (Å²) >= 11 is 0. The zero-order valence-corrected chi connectivity index (χ0v) is 21.8. The molecule has 1 amide bonds. The zero-order valence-electron chi connectivity index (χ0n) is 21.8. The molecule has 2 aliphatic rings. The lowest BCUT2D eigenvalue weighted by Gasteiger charge is -2.49. The lowest BCUT2D eigenvalue weighted by atomic mass is 9.70. The van der Waals surface area contributed by atoms with E-state index in [4.69, 9.17) is 0 Å². The van der Waals surface area contributed by atoms with Crippen LogP contribution in [0.5, 0.6) is 0 Å². The molecule has 1 aromatic carbocycles. The van der Waals surface area contributed by atoms with Gasteiger partial charge >= 0.3 is 0 Å². The molecular formula is C28H46N4O. The quantitative estimate of drug-likeness (QED) is 0.587. The molecule has 2 fully saturated rings. The van der Waals surface area contributed by atoms with Crippen LogP contribution in [0.15, 0.2) is 42.6 Å². The molecule has 1 aromatic rings. The molecule has 0 aliphatic carbocycles. The maximum atomic E-state index is 12.9. The van der Waals surface area contributed by atoms with E-state index >= 15 is 0 Å². The van der Waals surface area contributed by atoms with Gasteiger partial charge in [-0.05, 0) is 77.4 Å². The summed E-state index contributed by atoms with van der Waals surface area (Å²) in [4.78, 5) is 18.1. The summed E-state index contributed by atoms with van der Waals surface area (Å²) < 4.78 is 0. The molecule has 5 heteroatoms. The van der Waals surface area contributed by atoms with Crippen molar-refractivity contribution in [2.24, 2.45) is 5.41 Å². The first kappa shape index (κ1) is 25.8. The van der Waals surface area contributed by atoms with E-state index in [0.29, 0.717) is 0 Å². The van der Waals surface area contributed by atoms with E-state index in [2.05, 4.69) is 78.1 Å². The van der Waals surface area contributed by atoms with E-state index in [9.17, 15) is 4.79 Å². The van der Waals surface area contributed by atoms with Crippen molar-refractivity contribution in [1.82, 2.24) is 20.4 Å². The van der Waals surface area contributed by atoms with Crippen LogP contribution in [0.1, 0.15) is 65.9 Å². The topological polar surface area (TPSA) is 47.6 Å². The minimum atomic E-state index is -0.603. The van der Waals surface area contributed by atoms with Crippen molar-refractivity contribution >= 4 is 5.91 Å². The predicted octanol–water partition coefficient (Wildman–Crippen LogP) is 4.20. The highest BCUT2D eigenvalue weighted by atomic mass is 16.2. The predicted molar refractivity (Wildman–Crippen MR) is 138 cm³/mol. The van der Waals surface area contributed by atoms with Crippen molar-refractivity contribution in [3.05, 3.63) is 48.2 Å².